The molecule has 0 N–H and O–H groups in total. The van der Waals surface area contributed by atoms with Crippen LogP contribution in [0.3, 0.4) is 0 Å². The Kier molecular flexibility index (Phi) is 2.83. The summed E-state index contributed by atoms with van der Waals surface area (Å²) in [6, 6.07) is 2.09. The van der Waals surface area contributed by atoms with Gasteiger partial charge in [-0.05, 0) is 7.05 Å². The Morgan fingerprint density at radius 2 is 2.50 bits per heavy atom. The van der Waals surface area contributed by atoms with E-state index in [1.165, 1.54) is 0 Å². The number of rotatable bonds is 3. The molecule has 0 aromatic carbocycles. The number of aromatic nitrogens is 2. The number of nitriles is 1. The molecular formula is C8H12N4. The molecule has 0 saturated carbocycles. The van der Waals surface area contributed by atoms with Crippen LogP contribution in [0.25, 0.3) is 0 Å². The number of nitrogens with zero attached hydrogens (tertiary/aromatic N) is 4. The second kappa shape index (κ2) is 3.88. The number of hydrogen-bond acceptors (Lipinski definition) is 3. The van der Waals surface area contributed by atoms with Crippen LogP contribution in [0.4, 0.5) is 0 Å². The molecule has 0 amide bonds. The SMILES string of the molecule is CN(CC#N)Cc1cnn(C)c1. The van der Waals surface area contributed by atoms with E-state index in [4.69, 9.17) is 5.26 Å². The molecule has 0 radical (unpaired) electrons. The summed E-state index contributed by atoms with van der Waals surface area (Å²) in [5.74, 6) is 0. The molecule has 12 heavy (non-hydrogen) atoms. The minimum Gasteiger partial charge on any atom is -0.289 e. The van der Waals surface area contributed by atoms with Crippen molar-refractivity contribution in [1.29, 1.82) is 5.26 Å². The van der Waals surface area contributed by atoms with Gasteiger partial charge in [0, 0.05) is 25.4 Å². The minimum absolute atomic E-state index is 0.453. The zero-order valence-electron chi connectivity index (χ0n) is 7.36. The van der Waals surface area contributed by atoms with Gasteiger partial charge in [0.25, 0.3) is 0 Å². The molecule has 4 heteroatoms. The maximum absolute atomic E-state index is 8.41. The van der Waals surface area contributed by atoms with Gasteiger partial charge in [0.1, 0.15) is 0 Å². The van der Waals surface area contributed by atoms with Gasteiger partial charge < -0.3 is 0 Å². The first-order valence-electron chi connectivity index (χ1n) is 3.75. The molecule has 0 saturated heterocycles. The highest BCUT2D eigenvalue weighted by Gasteiger charge is 2.00. The van der Waals surface area contributed by atoms with Crippen LogP contribution >= 0.6 is 0 Å². The third kappa shape index (κ3) is 2.36. The molecule has 0 aliphatic heterocycles. The summed E-state index contributed by atoms with van der Waals surface area (Å²) in [5.41, 5.74) is 1.13. The minimum atomic E-state index is 0.453. The summed E-state index contributed by atoms with van der Waals surface area (Å²) in [6.45, 7) is 1.23. The summed E-state index contributed by atoms with van der Waals surface area (Å²) in [4.78, 5) is 1.94. The quantitative estimate of drug-likeness (QED) is 0.606. The lowest BCUT2D eigenvalue weighted by molar-refractivity contribution is 0.367. The van der Waals surface area contributed by atoms with Crippen LogP contribution in [0.15, 0.2) is 12.4 Å². The van der Waals surface area contributed by atoms with Gasteiger partial charge in [-0.3, -0.25) is 9.58 Å². The third-order valence-electron chi connectivity index (χ3n) is 1.55. The van der Waals surface area contributed by atoms with Gasteiger partial charge in [-0.1, -0.05) is 0 Å². The van der Waals surface area contributed by atoms with Crippen molar-refractivity contribution in [3.8, 4) is 6.07 Å². The van der Waals surface area contributed by atoms with Crippen molar-refractivity contribution in [1.82, 2.24) is 14.7 Å². The maximum Gasteiger partial charge on any atom is 0.0866 e. The van der Waals surface area contributed by atoms with Gasteiger partial charge in [0.05, 0.1) is 18.8 Å². The fourth-order valence-electron chi connectivity index (χ4n) is 1.04. The van der Waals surface area contributed by atoms with E-state index >= 15 is 0 Å². The Labute approximate surface area is 72.0 Å². The number of aryl methyl sites for hydroxylation is 1. The van der Waals surface area contributed by atoms with Gasteiger partial charge >= 0.3 is 0 Å². The Morgan fingerprint density at radius 1 is 1.75 bits per heavy atom. The van der Waals surface area contributed by atoms with Crippen LogP contribution in [-0.4, -0.2) is 28.3 Å². The first kappa shape index (κ1) is 8.75. The molecule has 0 atom stereocenters. The predicted molar refractivity (Wildman–Crippen MR) is 45.2 cm³/mol. The molecule has 0 aliphatic rings. The van der Waals surface area contributed by atoms with Crippen LogP contribution in [0.1, 0.15) is 5.56 Å². The fourth-order valence-corrected chi connectivity index (χ4v) is 1.04. The van der Waals surface area contributed by atoms with Crippen molar-refractivity contribution in [2.45, 2.75) is 6.54 Å². The third-order valence-corrected chi connectivity index (χ3v) is 1.55. The van der Waals surface area contributed by atoms with Crippen molar-refractivity contribution in [3.63, 3.8) is 0 Å². The molecule has 0 spiro atoms. The van der Waals surface area contributed by atoms with Crippen molar-refractivity contribution >= 4 is 0 Å². The van der Waals surface area contributed by atoms with Crippen LogP contribution in [0.5, 0.6) is 0 Å². The van der Waals surface area contributed by atoms with Gasteiger partial charge in [-0.25, -0.2) is 0 Å². The second-order valence-electron chi connectivity index (χ2n) is 2.85. The lowest BCUT2D eigenvalue weighted by Gasteiger charge is -2.09. The van der Waals surface area contributed by atoms with E-state index in [9.17, 15) is 0 Å². The van der Waals surface area contributed by atoms with Crippen LogP contribution in [0, 0.1) is 11.3 Å². The maximum atomic E-state index is 8.41. The first-order chi connectivity index (χ1) is 5.72. The van der Waals surface area contributed by atoms with Crippen molar-refractivity contribution < 1.29 is 0 Å². The van der Waals surface area contributed by atoms with E-state index in [-0.39, 0.29) is 0 Å². The Morgan fingerprint density at radius 3 is 3.00 bits per heavy atom. The van der Waals surface area contributed by atoms with E-state index in [1.807, 2.05) is 31.4 Å². The van der Waals surface area contributed by atoms with E-state index < -0.39 is 0 Å². The normalized spacial score (nSPS) is 10.2. The molecule has 1 heterocycles. The Hall–Kier alpha value is -1.34. The lowest BCUT2D eigenvalue weighted by Crippen LogP contribution is -2.17. The summed E-state index contributed by atoms with van der Waals surface area (Å²) in [7, 11) is 3.80. The van der Waals surface area contributed by atoms with E-state index in [1.54, 1.807) is 4.68 Å². The molecular weight excluding hydrogens is 152 g/mol. The Bertz CT molecular complexity index is 283. The largest absolute Gasteiger partial charge is 0.289 e. The summed E-state index contributed by atoms with van der Waals surface area (Å²) < 4.78 is 1.76. The average Bonchev–Trinajstić information content (AvgIpc) is 2.36. The molecule has 1 aromatic heterocycles. The van der Waals surface area contributed by atoms with Crippen LogP contribution in [-0.2, 0) is 13.6 Å². The average molecular weight is 164 g/mol. The topological polar surface area (TPSA) is 44.9 Å². The van der Waals surface area contributed by atoms with Crippen molar-refractivity contribution in [2.24, 2.45) is 7.05 Å². The molecule has 0 unspecified atom stereocenters. The van der Waals surface area contributed by atoms with E-state index in [0.717, 1.165) is 12.1 Å². The lowest BCUT2D eigenvalue weighted by atomic mass is 10.3. The monoisotopic (exact) mass is 164 g/mol. The molecule has 1 aromatic rings. The highest BCUT2D eigenvalue weighted by Crippen LogP contribution is 1.99. The highest BCUT2D eigenvalue weighted by atomic mass is 15.2. The van der Waals surface area contributed by atoms with Crippen LogP contribution in [0.2, 0.25) is 0 Å². The zero-order valence-corrected chi connectivity index (χ0v) is 7.36. The standard InChI is InChI=1S/C8H12N4/c1-11(4-3-9)6-8-5-10-12(2)7-8/h5,7H,4,6H2,1-2H3. The molecule has 0 fully saturated rings. The highest BCUT2D eigenvalue weighted by molar-refractivity contribution is 5.03. The zero-order chi connectivity index (χ0) is 8.97. The van der Waals surface area contributed by atoms with Gasteiger partial charge in [-0.2, -0.15) is 10.4 Å². The van der Waals surface area contributed by atoms with E-state index in [2.05, 4.69) is 11.2 Å². The fraction of sp³-hybridized carbons (Fsp3) is 0.500. The summed E-state index contributed by atoms with van der Waals surface area (Å²) in [5, 5.41) is 12.4. The summed E-state index contributed by atoms with van der Waals surface area (Å²) in [6.07, 6.45) is 3.77. The van der Waals surface area contributed by atoms with Gasteiger partial charge in [-0.15, -0.1) is 0 Å². The second-order valence-corrected chi connectivity index (χ2v) is 2.85. The number of hydrogen-bond donors (Lipinski definition) is 0. The first-order valence-corrected chi connectivity index (χ1v) is 3.75. The molecule has 1 rings (SSSR count). The predicted octanol–water partition coefficient (Wildman–Crippen LogP) is 0.375. The van der Waals surface area contributed by atoms with Crippen molar-refractivity contribution in [2.75, 3.05) is 13.6 Å². The smallest absolute Gasteiger partial charge is 0.0866 e. The molecule has 0 aliphatic carbocycles. The molecule has 64 valence electrons. The van der Waals surface area contributed by atoms with E-state index in [0.29, 0.717) is 6.54 Å². The summed E-state index contributed by atoms with van der Waals surface area (Å²) >= 11 is 0. The van der Waals surface area contributed by atoms with Crippen LogP contribution < -0.4 is 0 Å². The molecule has 4 nitrogen and oxygen atoms in total. The van der Waals surface area contributed by atoms with Crippen molar-refractivity contribution in [3.05, 3.63) is 18.0 Å². The molecule has 0 bridgehead atoms. The Balaban J connectivity index is 2.47. The van der Waals surface area contributed by atoms with Gasteiger partial charge in [0.15, 0.2) is 0 Å². The van der Waals surface area contributed by atoms with Gasteiger partial charge in [0.2, 0.25) is 0 Å².